The number of nitrogens with one attached hydrogen (secondary N) is 1. The minimum Gasteiger partial charge on any atom is -0.301 e. The number of aliphatic imine (C=N–C) groups is 1. The van der Waals surface area contributed by atoms with Gasteiger partial charge < -0.3 is 5.32 Å². The van der Waals surface area contributed by atoms with Crippen molar-refractivity contribution < 1.29 is 4.79 Å². The molecule has 5 heteroatoms. The zero-order valence-electron chi connectivity index (χ0n) is 9.89. The van der Waals surface area contributed by atoms with Crippen LogP contribution in [-0.2, 0) is 4.79 Å². The Kier molecular flexibility index (Phi) is 3.52. The van der Waals surface area contributed by atoms with Gasteiger partial charge in [0.1, 0.15) is 0 Å². The summed E-state index contributed by atoms with van der Waals surface area (Å²) in [6.07, 6.45) is 6.77. The lowest BCUT2D eigenvalue weighted by Crippen LogP contribution is -2.21. The lowest BCUT2D eigenvalue weighted by atomic mass is 10.3. The molecule has 0 unspecified atom stereocenters. The maximum atomic E-state index is 11.8. The smallest absolute Gasteiger partial charge is 0.264 e. The van der Waals surface area contributed by atoms with E-state index in [1.54, 1.807) is 11.3 Å². The summed E-state index contributed by atoms with van der Waals surface area (Å²) >= 11 is 3.10. The molecule has 3 nitrogen and oxygen atoms in total. The van der Waals surface area contributed by atoms with Crippen molar-refractivity contribution in [2.24, 2.45) is 4.99 Å². The predicted molar refractivity (Wildman–Crippen MR) is 77.7 cm³/mol. The van der Waals surface area contributed by atoms with Crippen molar-refractivity contribution in [1.82, 2.24) is 5.32 Å². The maximum absolute atomic E-state index is 11.8. The molecule has 0 atom stereocenters. The van der Waals surface area contributed by atoms with E-state index in [-0.39, 0.29) is 5.91 Å². The first-order chi connectivity index (χ1) is 8.81. The molecule has 1 aliphatic heterocycles. The van der Waals surface area contributed by atoms with Gasteiger partial charge in [-0.15, -0.1) is 11.3 Å². The Bertz CT molecular complexity index is 499. The van der Waals surface area contributed by atoms with Crippen LogP contribution < -0.4 is 5.32 Å². The van der Waals surface area contributed by atoms with Crippen LogP contribution in [0.15, 0.2) is 27.4 Å². The van der Waals surface area contributed by atoms with Crippen molar-refractivity contribution in [1.29, 1.82) is 0 Å². The summed E-state index contributed by atoms with van der Waals surface area (Å²) in [5, 5.41) is 5.64. The zero-order valence-corrected chi connectivity index (χ0v) is 11.5. The number of amides is 1. The van der Waals surface area contributed by atoms with Gasteiger partial charge in [-0.2, -0.15) is 0 Å². The van der Waals surface area contributed by atoms with Gasteiger partial charge in [-0.1, -0.05) is 18.9 Å². The van der Waals surface area contributed by atoms with Crippen LogP contribution in [0, 0.1) is 0 Å². The monoisotopic (exact) mass is 278 g/mol. The van der Waals surface area contributed by atoms with Crippen LogP contribution in [-0.4, -0.2) is 17.1 Å². The van der Waals surface area contributed by atoms with E-state index in [0.717, 1.165) is 27.8 Å². The van der Waals surface area contributed by atoms with Crippen LogP contribution >= 0.6 is 23.1 Å². The Morgan fingerprint density at radius 1 is 1.39 bits per heavy atom. The fraction of sp³-hybridized carbons (Fsp3) is 0.385. The first-order valence-corrected chi connectivity index (χ1v) is 7.83. The normalized spacial score (nSPS) is 25.2. The van der Waals surface area contributed by atoms with Crippen molar-refractivity contribution in [3.8, 4) is 0 Å². The molecular weight excluding hydrogens is 264 g/mol. The molecule has 1 aromatic rings. The van der Waals surface area contributed by atoms with Crippen molar-refractivity contribution in [2.45, 2.75) is 31.7 Å². The predicted octanol–water partition coefficient (Wildman–Crippen LogP) is 3.25. The van der Waals surface area contributed by atoms with Crippen molar-refractivity contribution in [2.75, 3.05) is 0 Å². The molecule has 0 bridgehead atoms. The van der Waals surface area contributed by atoms with Crippen molar-refractivity contribution in [3.05, 3.63) is 27.3 Å². The molecule has 1 saturated carbocycles. The van der Waals surface area contributed by atoms with Gasteiger partial charge in [0.25, 0.3) is 5.91 Å². The second-order valence-corrected chi connectivity index (χ2v) is 6.46. The summed E-state index contributed by atoms with van der Waals surface area (Å²) < 4.78 is 0. The average Bonchev–Trinajstić information content (AvgIpc) is 3.04. The first kappa shape index (κ1) is 12.0. The number of amidine groups is 1. The van der Waals surface area contributed by atoms with E-state index in [4.69, 9.17) is 0 Å². The molecule has 0 radical (unpaired) electrons. The van der Waals surface area contributed by atoms with E-state index in [0.29, 0.717) is 6.04 Å². The minimum atomic E-state index is -0.0230. The lowest BCUT2D eigenvalue weighted by molar-refractivity contribution is -0.115. The molecule has 0 spiro atoms. The number of carbonyl (C=O) groups excluding carboxylic acids is 1. The highest BCUT2D eigenvalue weighted by molar-refractivity contribution is 8.18. The van der Waals surface area contributed by atoms with E-state index < -0.39 is 0 Å². The third kappa shape index (κ3) is 2.67. The Balaban J connectivity index is 1.74. The summed E-state index contributed by atoms with van der Waals surface area (Å²) in [6, 6.07) is 4.41. The summed E-state index contributed by atoms with van der Waals surface area (Å²) in [6.45, 7) is 0. The van der Waals surface area contributed by atoms with Gasteiger partial charge in [0.2, 0.25) is 0 Å². The first-order valence-electron chi connectivity index (χ1n) is 6.13. The van der Waals surface area contributed by atoms with Crippen LogP contribution in [0.1, 0.15) is 30.6 Å². The number of carbonyl (C=O) groups is 1. The number of thiophene rings is 1. The second-order valence-electron chi connectivity index (χ2n) is 4.45. The van der Waals surface area contributed by atoms with E-state index in [2.05, 4.69) is 10.3 Å². The van der Waals surface area contributed by atoms with E-state index in [1.807, 2.05) is 23.6 Å². The molecule has 1 aliphatic carbocycles. The van der Waals surface area contributed by atoms with Gasteiger partial charge in [0.05, 0.1) is 10.9 Å². The molecule has 94 valence electrons. The number of nitrogens with zero attached hydrogens (tertiary/aromatic N) is 1. The van der Waals surface area contributed by atoms with Crippen LogP contribution in [0.2, 0.25) is 0 Å². The van der Waals surface area contributed by atoms with Gasteiger partial charge in [-0.3, -0.25) is 9.79 Å². The fourth-order valence-corrected chi connectivity index (χ4v) is 3.81. The summed E-state index contributed by atoms with van der Waals surface area (Å²) in [5.41, 5.74) is 0. The van der Waals surface area contributed by atoms with Gasteiger partial charge in [0, 0.05) is 4.88 Å². The summed E-state index contributed by atoms with van der Waals surface area (Å²) in [7, 11) is 0. The highest BCUT2D eigenvalue weighted by Crippen LogP contribution is 2.29. The highest BCUT2D eigenvalue weighted by Gasteiger charge is 2.25. The van der Waals surface area contributed by atoms with Gasteiger partial charge in [0.15, 0.2) is 5.17 Å². The molecule has 2 fully saturated rings. The molecule has 1 saturated heterocycles. The third-order valence-electron chi connectivity index (χ3n) is 3.09. The zero-order chi connectivity index (χ0) is 12.4. The molecule has 3 rings (SSSR count). The molecule has 2 heterocycles. The van der Waals surface area contributed by atoms with Gasteiger partial charge >= 0.3 is 0 Å². The SMILES string of the molecule is O=C1NC(=NC2CCCC2)S/C1=C\c1cccs1. The summed E-state index contributed by atoms with van der Waals surface area (Å²) in [4.78, 5) is 18.3. The molecule has 1 aromatic heterocycles. The van der Waals surface area contributed by atoms with Crippen LogP contribution in [0.25, 0.3) is 6.08 Å². The second kappa shape index (κ2) is 5.28. The summed E-state index contributed by atoms with van der Waals surface area (Å²) in [5.74, 6) is -0.0230. The number of thioether (sulfide) groups is 1. The molecular formula is C13H14N2OS2. The average molecular weight is 278 g/mol. The molecule has 1 N–H and O–H groups in total. The fourth-order valence-electron chi connectivity index (χ4n) is 2.19. The number of hydrogen-bond acceptors (Lipinski definition) is 4. The highest BCUT2D eigenvalue weighted by atomic mass is 32.2. The Morgan fingerprint density at radius 3 is 2.94 bits per heavy atom. The standard InChI is InChI=1S/C13H14N2OS2/c16-12-11(8-10-6-3-7-17-10)18-13(15-12)14-9-4-1-2-5-9/h3,6-9H,1-2,4-5H2,(H,14,15,16)/b11-8-. The Hall–Kier alpha value is -1.07. The van der Waals surface area contributed by atoms with Crippen LogP contribution in [0.4, 0.5) is 0 Å². The van der Waals surface area contributed by atoms with Gasteiger partial charge in [-0.25, -0.2) is 0 Å². The Labute approximate surface area is 114 Å². The maximum Gasteiger partial charge on any atom is 0.264 e. The quantitative estimate of drug-likeness (QED) is 0.844. The molecule has 1 amide bonds. The van der Waals surface area contributed by atoms with E-state index in [9.17, 15) is 4.79 Å². The van der Waals surface area contributed by atoms with Crippen LogP contribution in [0.3, 0.4) is 0 Å². The molecule has 2 aliphatic rings. The van der Waals surface area contributed by atoms with Gasteiger partial charge in [-0.05, 0) is 42.1 Å². The Morgan fingerprint density at radius 2 is 2.22 bits per heavy atom. The largest absolute Gasteiger partial charge is 0.301 e. The topological polar surface area (TPSA) is 41.5 Å². The molecule has 18 heavy (non-hydrogen) atoms. The van der Waals surface area contributed by atoms with E-state index in [1.165, 1.54) is 24.6 Å². The molecule has 0 aromatic carbocycles. The van der Waals surface area contributed by atoms with Crippen molar-refractivity contribution in [3.63, 3.8) is 0 Å². The van der Waals surface area contributed by atoms with Crippen LogP contribution in [0.5, 0.6) is 0 Å². The van der Waals surface area contributed by atoms with Crippen molar-refractivity contribution >= 4 is 40.2 Å². The lowest BCUT2D eigenvalue weighted by Gasteiger charge is -2.02. The minimum absolute atomic E-state index is 0.0230. The number of rotatable bonds is 2. The number of hydrogen-bond donors (Lipinski definition) is 1. The third-order valence-corrected chi connectivity index (χ3v) is 4.84. The van der Waals surface area contributed by atoms with E-state index >= 15 is 0 Å².